The van der Waals surface area contributed by atoms with E-state index in [0.717, 1.165) is 12.8 Å². The summed E-state index contributed by atoms with van der Waals surface area (Å²) in [5.41, 5.74) is 0. The molecule has 1 aliphatic heterocycles. The molecule has 6 heteroatoms. The number of nitrogens with zero attached hydrogens (tertiary/aromatic N) is 1. The monoisotopic (exact) mass is 167 g/mol. The van der Waals surface area contributed by atoms with Crippen LogP contribution in [0, 0.1) is 0 Å². The number of hydroxylamine groups is 2. The third-order valence-electron chi connectivity index (χ3n) is 1.29. The molecule has 0 aromatic carbocycles. The molecule has 60 valence electrons. The second-order valence-corrected chi connectivity index (χ2v) is 3.35. The van der Waals surface area contributed by atoms with Gasteiger partial charge in [-0.15, -0.1) is 0 Å². The highest BCUT2D eigenvalue weighted by Crippen LogP contribution is 2.37. The first kappa shape index (κ1) is 8.17. The molecule has 0 radical (unpaired) electrons. The summed E-state index contributed by atoms with van der Waals surface area (Å²) in [7, 11) is -4.29. The van der Waals surface area contributed by atoms with Crippen LogP contribution >= 0.6 is 7.82 Å². The zero-order valence-electron chi connectivity index (χ0n) is 5.43. The van der Waals surface area contributed by atoms with Crippen molar-refractivity contribution in [1.29, 1.82) is 0 Å². The van der Waals surface area contributed by atoms with Gasteiger partial charge >= 0.3 is 7.82 Å². The van der Waals surface area contributed by atoms with E-state index in [2.05, 4.69) is 4.62 Å². The molecule has 0 spiro atoms. The van der Waals surface area contributed by atoms with Crippen LogP contribution in [0.1, 0.15) is 12.8 Å². The molecular weight excluding hydrogens is 157 g/mol. The summed E-state index contributed by atoms with van der Waals surface area (Å²) in [5, 5.41) is 1.31. The number of phosphoric acid groups is 1. The van der Waals surface area contributed by atoms with Crippen LogP contribution in [0.4, 0.5) is 0 Å². The normalized spacial score (nSPS) is 21.8. The third-order valence-corrected chi connectivity index (χ3v) is 1.73. The summed E-state index contributed by atoms with van der Waals surface area (Å²) in [5.74, 6) is 0. The van der Waals surface area contributed by atoms with Crippen molar-refractivity contribution in [2.75, 3.05) is 13.1 Å². The number of hydrogen-bond acceptors (Lipinski definition) is 3. The minimum atomic E-state index is -4.29. The highest BCUT2D eigenvalue weighted by atomic mass is 31.2. The summed E-state index contributed by atoms with van der Waals surface area (Å²) in [6.45, 7) is 1.23. The third kappa shape index (κ3) is 2.77. The molecule has 1 saturated heterocycles. The van der Waals surface area contributed by atoms with Crippen LogP contribution in [0.5, 0.6) is 0 Å². The summed E-state index contributed by atoms with van der Waals surface area (Å²) in [4.78, 5) is 16.7. The molecule has 5 nitrogen and oxygen atoms in total. The largest absolute Gasteiger partial charge is 0.486 e. The Hall–Kier alpha value is 0.0700. The second kappa shape index (κ2) is 2.98. The fraction of sp³-hybridized carbons (Fsp3) is 1.00. The first-order valence-corrected chi connectivity index (χ1v) is 4.61. The number of hydrogen-bond donors (Lipinski definition) is 2. The standard InChI is InChI=1S/C4H10NO4P/c6-10(7,8)9-5-3-1-2-4-5/h1-4H2,(H2,6,7,8). The Kier molecular flexibility index (Phi) is 2.44. The van der Waals surface area contributed by atoms with Gasteiger partial charge in [-0.2, -0.15) is 9.69 Å². The van der Waals surface area contributed by atoms with Gasteiger partial charge in [0.1, 0.15) is 0 Å². The molecule has 2 N–H and O–H groups in total. The van der Waals surface area contributed by atoms with Crippen LogP contribution in [-0.2, 0) is 9.19 Å². The van der Waals surface area contributed by atoms with E-state index in [0.29, 0.717) is 13.1 Å². The fourth-order valence-corrected chi connectivity index (χ4v) is 1.38. The topological polar surface area (TPSA) is 70.0 Å². The quantitative estimate of drug-likeness (QED) is 0.571. The summed E-state index contributed by atoms with van der Waals surface area (Å²) in [6.07, 6.45) is 1.89. The van der Waals surface area contributed by atoms with Crippen molar-refractivity contribution in [3.8, 4) is 0 Å². The van der Waals surface area contributed by atoms with Crippen molar-refractivity contribution in [2.45, 2.75) is 12.8 Å². The zero-order chi connectivity index (χ0) is 7.61. The van der Waals surface area contributed by atoms with Gasteiger partial charge in [-0.3, -0.25) is 0 Å². The van der Waals surface area contributed by atoms with Crippen LogP contribution < -0.4 is 0 Å². The molecule has 0 aliphatic carbocycles. The predicted octanol–water partition coefficient (Wildman–Crippen LogP) is 0.106. The van der Waals surface area contributed by atoms with E-state index < -0.39 is 7.82 Å². The van der Waals surface area contributed by atoms with E-state index in [1.54, 1.807) is 0 Å². The van der Waals surface area contributed by atoms with Crippen molar-refractivity contribution < 1.29 is 19.0 Å². The van der Waals surface area contributed by atoms with Gasteiger partial charge < -0.3 is 9.79 Å². The molecule has 1 rings (SSSR count). The molecule has 0 unspecified atom stereocenters. The van der Waals surface area contributed by atoms with Crippen molar-refractivity contribution in [1.82, 2.24) is 5.06 Å². The average molecular weight is 167 g/mol. The Labute approximate surface area is 58.8 Å². The van der Waals surface area contributed by atoms with E-state index in [1.165, 1.54) is 5.06 Å². The van der Waals surface area contributed by atoms with E-state index in [4.69, 9.17) is 9.79 Å². The first-order chi connectivity index (χ1) is 4.58. The average Bonchev–Trinajstić information content (AvgIpc) is 2.12. The molecule has 1 heterocycles. The van der Waals surface area contributed by atoms with Crippen LogP contribution in [0.25, 0.3) is 0 Å². The maximum atomic E-state index is 10.2. The Bertz CT molecular complexity index is 149. The molecule has 0 saturated carbocycles. The van der Waals surface area contributed by atoms with Gasteiger partial charge in [0.15, 0.2) is 0 Å². The van der Waals surface area contributed by atoms with Gasteiger partial charge in [0.25, 0.3) is 0 Å². The maximum absolute atomic E-state index is 10.2. The smallest absolute Gasteiger partial charge is 0.302 e. The summed E-state index contributed by atoms with van der Waals surface area (Å²) in [6, 6.07) is 0. The van der Waals surface area contributed by atoms with Crippen molar-refractivity contribution in [2.24, 2.45) is 0 Å². The minimum Gasteiger partial charge on any atom is -0.302 e. The van der Waals surface area contributed by atoms with Gasteiger partial charge in [0.2, 0.25) is 0 Å². The molecule has 1 fully saturated rings. The lowest BCUT2D eigenvalue weighted by atomic mass is 10.4. The first-order valence-electron chi connectivity index (χ1n) is 3.08. The molecule has 0 amide bonds. The Balaban J connectivity index is 2.31. The predicted molar refractivity (Wildman–Crippen MR) is 33.9 cm³/mol. The maximum Gasteiger partial charge on any atom is 0.486 e. The van der Waals surface area contributed by atoms with Crippen molar-refractivity contribution in [3.63, 3.8) is 0 Å². The molecular formula is C4H10NO4P. The summed E-state index contributed by atoms with van der Waals surface area (Å²) < 4.78 is 14.5. The lowest BCUT2D eigenvalue weighted by molar-refractivity contribution is -0.0602. The van der Waals surface area contributed by atoms with Crippen molar-refractivity contribution in [3.05, 3.63) is 0 Å². The molecule has 0 aromatic heterocycles. The molecule has 0 bridgehead atoms. The fourth-order valence-electron chi connectivity index (χ4n) is 0.920. The van der Waals surface area contributed by atoms with E-state index in [1.807, 2.05) is 0 Å². The Morgan fingerprint density at radius 1 is 1.30 bits per heavy atom. The lowest BCUT2D eigenvalue weighted by Gasteiger charge is -2.13. The molecule has 0 aromatic rings. The summed E-state index contributed by atoms with van der Waals surface area (Å²) >= 11 is 0. The van der Waals surface area contributed by atoms with Gasteiger partial charge in [0.05, 0.1) is 0 Å². The minimum absolute atomic E-state index is 0.616. The van der Waals surface area contributed by atoms with Gasteiger partial charge in [-0.05, 0) is 12.8 Å². The Morgan fingerprint density at radius 3 is 2.20 bits per heavy atom. The van der Waals surface area contributed by atoms with E-state index >= 15 is 0 Å². The molecule has 1 aliphatic rings. The van der Waals surface area contributed by atoms with Crippen LogP contribution in [0.15, 0.2) is 0 Å². The van der Waals surface area contributed by atoms with Crippen LogP contribution in [0.3, 0.4) is 0 Å². The van der Waals surface area contributed by atoms with E-state index in [9.17, 15) is 4.57 Å². The van der Waals surface area contributed by atoms with Crippen LogP contribution in [0.2, 0.25) is 0 Å². The number of rotatable bonds is 2. The Morgan fingerprint density at radius 2 is 1.80 bits per heavy atom. The molecule has 0 atom stereocenters. The zero-order valence-corrected chi connectivity index (χ0v) is 6.33. The SMILES string of the molecule is O=P(O)(O)ON1CCCC1. The van der Waals surface area contributed by atoms with Gasteiger partial charge in [-0.25, -0.2) is 4.57 Å². The van der Waals surface area contributed by atoms with Crippen LogP contribution in [-0.4, -0.2) is 27.9 Å². The second-order valence-electron chi connectivity index (χ2n) is 2.21. The van der Waals surface area contributed by atoms with Gasteiger partial charge in [0, 0.05) is 13.1 Å². The van der Waals surface area contributed by atoms with Gasteiger partial charge in [-0.1, -0.05) is 0 Å². The highest BCUT2D eigenvalue weighted by molar-refractivity contribution is 7.46. The van der Waals surface area contributed by atoms with E-state index in [-0.39, 0.29) is 0 Å². The highest BCUT2D eigenvalue weighted by Gasteiger charge is 2.22. The lowest BCUT2D eigenvalue weighted by Crippen LogP contribution is -2.17. The molecule has 10 heavy (non-hydrogen) atoms. The van der Waals surface area contributed by atoms with Crippen molar-refractivity contribution >= 4 is 7.82 Å².